The maximum Gasteiger partial charge on any atom is 0.325 e. The molecular formula is C27H27N3O3. The molecule has 6 nitrogen and oxygen atoms in total. The van der Waals surface area contributed by atoms with Gasteiger partial charge in [0.25, 0.3) is 5.91 Å². The van der Waals surface area contributed by atoms with Crippen LogP contribution in [-0.2, 0) is 15.1 Å². The van der Waals surface area contributed by atoms with Crippen molar-refractivity contribution in [3.05, 3.63) is 108 Å². The lowest BCUT2D eigenvalue weighted by atomic mass is 9.87. The number of nitrogens with one attached hydrogen (secondary N) is 1. The Bertz CT molecular complexity index is 1100. The lowest BCUT2D eigenvalue weighted by Gasteiger charge is -2.30. The Kier molecular flexibility index (Phi) is 6.27. The van der Waals surface area contributed by atoms with Crippen molar-refractivity contribution in [2.75, 3.05) is 13.6 Å². The van der Waals surface area contributed by atoms with E-state index in [2.05, 4.69) is 5.32 Å². The Balaban J connectivity index is 1.60. The number of carbonyl (C=O) groups is 3. The summed E-state index contributed by atoms with van der Waals surface area (Å²) in [5.41, 5.74) is 1.45. The standard InChI is InChI=1S/C27H27N3O3/c1-3-27(22-17-11-6-12-18-22)25(32)30(26(33)28-27)19-23(31)29(2)24(20-13-7-4-8-14-20)21-15-9-5-10-16-21/h4-18,24H,3,19H2,1-2H3,(H,28,33)/t27-/m0/s1. The highest BCUT2D eigenvalue weighted by molar-refractivity contribution is 6.09. The van der Waals surface area contributed by atoms with E-state index in [0.29, 0.717) is 12.0 Å². The van der Waals surface area contributed by atoms with Gasteiger partial charge in [-0.25, -0.2) is 4.79 Å². The maximum atomic E-state index is 13.4. The van der Waals surface area contributed by atoms with E-state index in [0.717, 1.165) is 16.0 Å². The predicted molar refractivity (Wildman–Crippen MR) is 126 cm³/mol. The first kappa shape index (κ1) is 22.3. The van der Waals surface area contributed by atoms with E-state index >= 15 is 0 Å². The van der Waals surface area contributed by atoms with Crippen molar-refractivity contribution < 1.29 is 14.4 Å². The number of hydrogen-bond donors (Lipinski definition) is 1. The van der Waals surface area contributed by atoms with Crippen molar-refractivity contribution in [3.63, 3.8) is 0 Å². The quantitative estimate of drug-likeness (QED) is 0.562. The molecule has 0 bridgehead atoms. The third kappa shape index (κ3) is 4.12. The maximum absolute atomic E-state index is 13.4. The SMILES string of the molecule is CC[C@@]1(c2ccccc2)NC(=O)N(CC(=O)N(C)C(c2ccccc2)c2ccccc2)C1=O. The smallest absolute Gasteiger partial charge is 0.325 e. The average molecular weight is 442 g/mol. The van der Waals surface area contributed by atoms with Crippen LogP contribution in [0.25, 0.3) is 0 Å². The van der Waals surface area contributed by atoms with E-state index in [4.69, 9.17) is 0 Å². The van der Waals surface area contributed by atoms with E-state index in [1.165, 1.54) is 0 Å². The minimum absolute atomic E-state index is 0.323. The number of imide groups is 1. The van der Waals surface area contributed by atoms with Crippen LogP contribution in [0.2, 0.25) is 0 Å². The van der Waals surface area contributed by atoms with Crippen LogP contribution in [0.1, 0.15) is 36.1 Å². The van der Waals surface area contributed by atoms with Gasteiger partial charge in [0.15, 0.2) is 0 Å². The minimum Gasteiger partial charge on any atom is -0.333 e. The fourth-order valence-electron chi connectivity index (χ4n) is 4.43. The average Bonchev–Trinajstić information content (AvgIpc) is 3.11. The van der Waals surface area contributed by atoms with E-state index in [1.54, 1.807) is 11.9 Å². The molecular weight excluding hydrogens is 414 g/mol. The summed E-state index contributed by atoms with van der Waals surface area (Å²) in [5.74, 6) is -0.727. The molecule has 0 spiro atoms. The Labute approximate surface area is 193 Å². The lowest BCUT2D eigenvalue weighted by molar-refractivity contribution is -0.139. The zero-order valence-electron chi connectivity index (χ0n) is 18.8. The molecule has 4 rings (SSSR count). The zero-order valence-corrected chi connectivity index (χ0v) is 18.8. The summed E-state index contributed by atoms with van der Waals surface area (Å²) in [4.78, 5) is 42.2. The highest BCUT2D eigenvalue weighted by atomic mass is 16.2. The highest BCUT2D eigenvalue weighted by Crippen LogP contribution is 2.33. The molecule has 0 radical (unpaired) electrons. The molecule has 1 heterocycles. The van der Waals surface area contributed by atoms with Crippen LogP contribution in [0.15, 0.2) is 91.0 Å². The third-order valence-electron chi connectivity index (χ3n) is 6.28. The van der Waals surface area contributed by atoms with Crippen LogP contribution < -0.4 is 5.32 Å². The molecule has 168 valence electrons. The molecule has 0 saturated carbocycles. The summed E-state index contributed by atoms with van der Waals surface area (Å²) >= 11 is 0. The van der Waals surface area contributed by atoms with Crippen molar-refractivity contribution in [2.24, 2.45) is 0 Å². The van der Waals surface area contributed by atoms with Crippen molar-refractivity contribution in [2.45, 2.75) is 24.9 Å². The first-order valence-corrected chi connectivity index (χ1v) is 11.0. The van der Waals surface area contributed by atoms with Gasteiger partial charge < -0.3 is 10.2 Å². The fourth-order valence-corrected chi connectivity index (χ4v) is 4.43. The Morgan fingerprint density at radius 3 is 1.85 bits per heavy atom. The first-order valence-electron chi connectivity index (χ1n) is 11.0. The zero-order chi connectivity index (χ0) is 23.4. The van der Waals surface area contributed by atoms with Gasteiger partial charge in [-0.15, -0.1) is 0 Å². The van der Waals surface area contributed by atoms with Crippen LogP contribution >= 0.6 is 0 Å². The van der Waals surface area contributed by atoms with Gasteiger partial charge in [0.2, 0.25) is 5.91 Å². The number of amides is 4. The molecule has 1 aliphatic heterocycles. The number of likely N-dealkylation sites (N-methyl/N-ethyl adjacent to an activating group) is 1. The Morgan fingerprint density at radius 1 is 0.879 bits per heavy atom. The highest BCUT2D eigenvalue weighted by Gasteiger charge is 2.51. The second-order valence-corrected chi connectivity index (χ2v) is 8.17. The molecule has 1 N–H and O–H groups in total. The van der Waals surface area contributed by atoms with E-state index in [-0.39, 0.29) is 18.5 Å². The van der Waals surface area contributed by atoms with Gasteiger partial charge in [-0.3, -0.25) is 14.5 Å². The summed E-state index contributed by atoms with van der Waals surface area (Å²) in [6, 6.07) is 27.7. The number of rotatable bonds is 7. The van der Waals surface area contributed by atoms with Gasteiger partial charge >= 0.3 is 6.03 Å². The normalized spacial score (nSPS) is 17.8. The molecule has 1 fully saturated rings. The van der Waals surface area contributed by atoms with E-state index in [9.17, 15) is 14.4 Å². The Morgan fingerprint density at radius 2 is 1.36 bits per heavy atom. The fraction of sp³-hybridized carbons (Fsp3) is 0.222. The van der Waals surface area contributed by atoms with Crippen molar-refractivity contribution in [1.29, 1.82) is 0 Å². The summed E-state index contributed by atoms with van der Waals surface area (Å²) < 4.78 is 0. The minimum atomic E-state index is -1.16. The van der Waals surface area contributed by atoms with Crippen molar-refractivity contribution >= 4 is 17.8 Å². The van der Waals surface area contributed by atoms with Gasteiger partial charge in [-0.2, -0.15) is 0 Å². The summed E-state index contributed by atoms with van der Waals surface area (Å²) in [7, 11) is 1.70. The van der Waals surface area contributed by atoms with Gasteiger partial charge in [0.1, 0.15) is 12.1 Å². The molecule has 0 aromatic heterocycles. The van der Waals surface area contributed by atoms with Gasteiger partial charge in [-0.05, 0) is 23.1 Å². The van der Waals surface area contributed by atoms with Crippen LogP contribution in [-0.4, -0.2) is 41.2 Å². The second-order valence-electron chi connectivity index (χ2n) is 8.17. The molecule has 1 aliphatic rings. The largest absolute Gasteiger partial charge is 0.333 e. The number of carbonyl (C=O) groups excluding carboxylic acids is 3. The number of nitrogens with zero attached hydrogens (tertiary/aromatic N) is 2. The molecule has 0 unspecified atom stereocenters. The molecule has 0 aliphatic carbocycles. The topological polar surface area (TPSA) is 69.7 Å². The first-order chi connectivity index (χ1) is 16.0. The Hall–Kier alpha value is -3.93. The summed E-state index contributed by atoms with van der Waals surface area (Å²) in [6.45, 7) is 1.52. The molecule has 6 heteroatoms. The van der Waals surface area contributed by atoms with Gasteiger partial charge in [-0.1, -0.05) is 97.9 Å². The van der Waals surface area contributed by atoms with Crippen LogP contribution in [0, 0.1) is 0 Å². The second kappa shape index (κ2) is 9.28. The summed E-state index contributed by atoms with van der Waals surface area (Å²) in [6.07, 6.45) is 0.388. The van der Waals surface area contributed by atoms with E-state index < -0.39 is 17.5 Å². The lowest BCUT2D eigenvalue weighted by Crippen LogP contribution is -2.45. The molecule has 33 heavy (non-hydrogen) atoms. The van der Waals surface area contributed by atoms with Crippen LogP contribution in [0.3, 0.4) is 0 Å². The van der Waals surface area contributed by atoms with Gasteiger partial charge in [0, 0.05) is 7.05 Å². The number of urea groups is 1. The van der Waals surface area contributed by atoms with Crippen molar-refractivity contribution in [1.82, 2.24) is 15.1 Å². The number of hydrogen-bond acceptors (Lipinski definition) is 3. The molecule has 3 aromatic rings. The molecule has 4 amide bonds. The predicted octanol–water partition coefficient (Wildman–Crippen LogP) is 4.09. The van der Waals surface area contributed by atoms with E-state index in [1.807, 2.05) is 97.9 Å². The summed E-state index contributed by atoms with van der Waals surface area (Å²) in [5, 5.41) is 2.84. The van der Waals surface area contributed by atoms with Crippen molar-refractivity contribution in [3.8, 4) is 0 Å². The molecule has 1 atom stereocenters. The third-order valence-corrected chi connectivity index (χ3v) is 6.28. The van der Waals surface area contributed by atoms with Gasteiger partial charge in [0.05, 0.1) is 6.04 Å². The number of benzene rings is 3. The monoisotopic (exact) mass is 441 g/mol. The van der Waals surface area contributed by atoms with Crippen LogP contribution in [0.4, 0.5) is 4.79 Å². The molecule has 1 saturated heterocycles. The van der Waals surface area contributed by atoms with Crippen LogP contribution in [0.5, 0.6) is 0 Å². The molecule has 3 aromatic carbocycles.